The van der Waals surface area contributed by atoms with E-state index >= 15 is 0 Å². The SMILES string of the molecule is COc1cc(NCCCNCc2ccccc2)ccc1/C(C=N)=C/N. The van der Waals surface area contributed by atoms with Gasteiger partial charge < -0.3 is 26.5 Å². The molecule has 0 fully saturated rings. The lowest BCUT2D eigenvalue weighted by molar-refractivity contribution is 0.414. The van der Waals surface area contributed by atoms with Gasteiger partial charge in [-0.05, 0) is 30.7 Å². The number of hydrogen-bond donors (Lipinski definition) is 4. The average molecular weight is 338 g/mol. The number of allylic oxidation sites excluding steroid dienone is 1. The molecular weight excluding hydrogens is 312 g/mol. The number of rotatable bonds is 10. The van der Waals surface area contributed by atoms with Gasteiger partial charge in [-0.15, -0.1) is 0 Å². The molecule has 5 N–H and O–H groups in total. The highest BCUT2D eigenvalue weighted by molar-refractivity contribution is 6.09. The van der Waals surface area contributed by atoms with E-state index < -0.39 is 0 Å². The van der Waals surface area contributed by atoms with E-state index in [0.29, 0.717) is 11.3 Å². The van der Waals surface area contributed by atoms with Gasteiger partial charge in [0.2, 0.25) is 0 Å². The number of nitrogens with two attached hydrogens (primary N) is 1. The van der Waals surface area contributed by atoms with Crippen molar-refractivity contribution >= 4 is 17.5 Å². The highest BCUT2D eigenvalue weighted by Crippen LogP contribution is 2.27. The number of nitrogens with one attached hydrogen (secondary N) is 3. The zero-order valence-corrected chi connectivity index (χ0v) is 14.6. The number of methoxy groups -OCH3 is 1. The summed E-state index contributed by atoms with van der Waals surface area (Å²) in [4.78, 5) is 0. The van der Waals surface area contributed by atoms with Gasteiger partial charge in [-0.25, -0.2) is 0 Å². The third-order valence-corrected chi connectivity index (χ3v) is 3.88. The monoisotopic (exact) mass is 338 g/mol. The average Bonchev–Trinajstić information content (AvgIpc) is 2.67. The molecular formula is C20H26N4O. The van der Waals surface area contributed by atoms with Gasteiger partial charge in [0.25, 0.3) is 0 Å². The van der Waals surface area contributed by atoms with Crippen LogP contribution in [0.15, 0.2) is 54.7 Å². The van der Waals surface area contributed by atoms with Crippen molar-refractivity contribution < 1.29 is 4.74 Å². The predicted octanol–water partition coefficient (Wildman–Crippen LogP) is 3.24. The zero-order valence-electron chi connectivity index (χ0n) is 14.6. The molecule has 0 unspecified atom stereocenters. The molecule has 0 heterocycles. The molecule has 0 saturated carbocycles. The van der Waals surface area contributed by atoms with Crippen LogP contribution in [-0.2, 0) is 6.54 Å². The molecule has 0 radical (unpaired) electrons. The van der Waals surface area contributed by atoms with Crippen molar-refractivity contribution in [3.05, 3.63) is 65.9 Å². The van der Waals surface area contributed by atoms with E-state index in [0.717, 1.165) is 37.3 Å². The minimum atomic E-state index is 0.633. The molecule has 5 nitrogen and oxygen atoms in total. The Balaban J connectivity index is 1.78. The van der Waals surface area contributed by atoms with Crippen LogP contribution in [0.5, 0.6) is 5.75 Å². The van der Waals surface area contributed by atoms with E-state index in [9.17, 15) is 0 Å². The summed E-state index contributed by atoms with van der Waals surface area (Å²) < 4.78 is 5.41. The van der Waals surface area contributed by atoms with E-state index in [1.807, 2.05) is 24.3 Å². The molecule has 5 heteroatoms. The number of benzene rings is 2. The Bertz CT molecular complexity index is 698. The molecule has 0 atom stereocenters. The molecule has 0 spiro atoms. The summed E-state index contributed by atoms with van der Waals surface area (Å²) >= 11 is 0. The lowest BCUT2D eigenvalue weighted by Crippen LogP contribution is -2.17. The van der Waals surface area contributed by atoms with E-state index in [2.05, 4.69) is 34.9 Å². The smallest absolute Gasteiger partial charge is 0.128 e. The standard InChI is InChI=1S/C20H26N4O/c1-25-20-12-18(8-9-19(20)17(13-21)14-22)24-11-5-10-23-15-16-6-3-2-4-7-16/h2-4,6-9,12-14,21,23-24H,5,10-11,15,22H2,1H3/b17-14+,21-13?. The molecule has 2 aromatic rings. The Morgan fingerprint density at radius 2 is 1.96 bits per heavy atom. The van der Waals surface area contributed by atoms with Crippen molar-refractivity contribution in [3.8, 4) is 5.75 Å². The topological polar surface area (TPSA) is 83.2 Å². The van der Waals surface area contributed by atoms with Gasteiger partial charge in [-0.3, -0.25) is 0 Å². The second-order valence-corrected chi connectivity index (χ2v) is 5.62. The summed E-state index contributed by atoms with van der Waals surface area (Å²) in [5, 5.41) is 14.2. The minimum Gasteiger partial charge on any atom is -0.496 e. The Morgan fingerprint density at radius 1 is 1.16 bits per heavy atom. The summed E-state index contributed by atoms with van der Waals surface area (Å²) in [6.45, 7) is 2.71. The Hall–Kier alpha value is -2.79. The van der Waals surface area contributed by atoms with Crippen LogP contribution in [0.25, 0.3) is 5.57 Å². The van der Waals surface area contributed by atoms with Gasteiger partial charge in [0.05, 0.1) is 7.11 Å². The van der Waals surface area contributed by atoms with Gasteiger partial charge in [-0.2, -0.15) is 0 Å². The number of ether oxygens (including phenoxy) is 1. The van der Waals surface area contributed by atoms with Crippen LogP contribution in [0.3, 0.4) is 0 Å². The molecule has 0 aliphatic heterocycles. The van der Waals surface area contributed by atoms with Gasteiger partial charge in [0.1, 0.15) is 5.75 Å². The van der Waals surface area contributed by atoms with Crippen molar-refractivity contribution in [3.63, 3.8) is 0 Å². The van der Waals surface area contributed by atoms with Crippen molar-refractivity contribution in [1.82, 2.24) is 5.32 Å². The van der Waals surface area contributed by atoms with Crippen LogP contribution >= 0.6 is 0 Å². The maximum Gasteiger partial charge on any atom is 0.128 e. The fourth-order valence-electron chi connectivity index (χ4n) is 2.53. The summed E-state index contributed by atoms with van der Waals surface area (Å²) in [5.74, 6) is 0.701. The summed E-state index contributed by atoms with van der Waals surface area (Å²) in [7, 11) is 1.62. The normalized spacial score (nSPS) is 11.2. The van der Waals surface area contributed by atoms with Crippen LogP contribution < -0.4 is 21.1 Å². The molecule has 0 saturated heterocycles. The van der Waals surface area contributed by atoms with E-state index in [1.54, 1.807) is 7.11 Å². The molecule has 0 aliphatic rings. The fourth-order valence-corrected chi connectivity index (χ4v) is 2.53. The third kappa shape index (κ3) is 5.65. The Morgan fingerprint density at radius 3 is 2.64 bits per heavy atom. The summed E-state index contributed by atoms with van der Waals surface area (Å²) in [5.41, 5.74) is 9.29. The lowest BCUT2D eigenvalue weighted by Gasteiger charge is -2.12. The van der Waals surface area contributed by atoms with Gasteiger partial charge in [0, 0.05) is 48.4 Å². The van der Waals surface area contributed by atoms with Gasteiger partial charge in [-0.1, -0.05) is 30.3 Å². The maximum absolute atomic E-state index is 7.41. The third-order valence-electron chi connectivity index (χ3n) is 3.88. The first kappa shape index (κ1) is 18.5. The largest absolute Gasteiger partial charge is 0.496 e. The fraction of sp³-hybridized carbons (Fsp3) is 0.250. The highest BCUT2D eigenvalue weighted by Gasteiger charge is 2.07. The molecule has 0 aliphatic carbocycles. The second kappa shape index (κ2) is 10.2. The quantitative estimate of drug-likeness (QED) is 0.396. The van der Waals surface area contributed by atoms with E-state index in [1.165, 1.54) is 18.0 Å². The molecule has 0 aromatic heterocycles. The van der Waals surface area contributed by atoms with Crippen molar-refractivity contribution in [2.24, 2.45) is 5.73 Å². The summed E-state index contributed by atoms with van der Waals surface area (Å²) in [6.07, 6.45) is 3.66. The van der Waals surface area contributed by atoms with Crippen LogP contribution in [0.2, 0.25) is 0 Å². The van der Waals surface area contributed by atoms with Crippen LogP contribution in [-0.4, -0.2) is 26.4 Å². The van der Waals surface area contributed by atoms with Crippen LogP contribution in [0, 0.1) is 5.41 Å². The van der Waals surface area contributed by atoms with Crippen LogP contribution in [0.1, 0.15) is 17.5 Å². The summed E-state index contributed by atoms with van der Waals surface area (Å²) in [6, 6.07) is 16.2. The Kier molecular flexibility index (Phi) is 7.53. The molecule has 2 aromatic carbocycles. The number of anilines is 1. The van der Waals surface area contributed by atoms with Crippen LogP contribution in [0.4, 0.5) is 5.69 Å². The minimum absolute atomic E-state index is 0.633. The molecule has 132 valence electrons. The predicted molar refractivity (Wildman–Crippen MR) is 105 cm³/mol. The molecule has 0 amide bonds. The first-order valence-electron chi connectivity index (χ1n) is 8.37. The van der Waals surface area contributed by atoms with Gasteiger partial charge >= 0.3 is 0 Å². The maximum atomic E-state index is 7.41. The Labute approximate surface area is 149 Å². The molecule has 2 rings (SSSR count). The first-order valence-corrected chi connectivity index (χ1v) is 8.37. The second-order valence-electron chi connectivity index (χ2n) is 5.62. The molecule has 25 heavy (non-hydrogen) atoms. The van der Waals surface area contributed by atoms with Crippen molar-refractivity contribution in [2.75, 3.05) is 25.5 Å². The zero-order chi connectivity index (χ0) is 17.9. The van der Waals surface area contributed by atoms with E-state index in [-0.39, 0.29) is 0 Å². The van der Waals surface area contributed by atoms with Gasteiger partial charge in [0.15, 0.2) is 0 Å². The molecule has 0 bridgehead atoms. The van der Waals surface area contributed by atoms with Crippen molar-refractivity contribution in [1.29, 1.82) is 5.41 Å². The van der Waals surface area contributed by atoms with E-state index in [4.69, 9.17) is 15.9 Å². The van der Waals surface area contributed by atoms with Crippen molar-refractivity contribution in [2.45, 2.75) is 13.0 Å². The number of hydrogen-bond acceptors (Lipinski definition) is 5. The first-order chi connectivity index (χ1) is 12.3. The highest BCUT2D eigenvalue weighted by atomic mass is 16.5. The lowest BCUT2D eigenvalue weighted by atomic mass is 10.1.